The Hall–Kier alpha value is -0.491. The number of benzene rings is 1. The maximum absolute atomic E-state index is 12.7. The van der Waals surface area contributed by atoms with Crippen LogP contribution in [0.15, 0.2) is 28.7 Å². The summed E-state index contributed by atoms with van der Waals surface area (Å²) >= 11 is 1.05. The molecule has 0 radical (unpaired) electrons. The monoisotopic (exact) mass is 459 g/mol. The van der Waals surface area contributed by atoms with Gasteiger partial charge in [0, 0.05) is 0 Å². The van der Waals surface area contributed by atoms with Gasteiger partial charge >= 0.3 is 139 Å². The van der Waals surface area contributed by atoms with Crippen LogP contribution in [-0.2, 0) is 4.74 Å². The quantitative estimate of drug-likeness (QED) is 0.578. The van der Waals surface area contributed by atoms with Gasteiger partial charge in [0.2, 0.25) is 0 Å². The molecule has 0 aliphatic heterocycles. The molecule has 3 nitrogen and oxygen atoms in total. The Morgan fingerprint density at radius 2 is 1.81 bits per heavy atom. The van der Waals surface area contributed by atoms with Gasteiger partial charge in [0.05, 0.1) is 0 Å². The predicted octanol–water partition coefficient (Wildman–Crippen LogP) is 4.73. The van der Waals surface area contributed by atoms with Crippen molar-refractivity contribution in [1.82, 2.24) is 4.57 Å². The Morgan fingerprint density at radius 3 is 2.33 bits per heavy atom. The average molecular weight is 459 g/mol. The van der Waals surface area contributed by atoms with Crippen LogP contribution in [0.4, 0.5) is 4.79 Å². The third-order valence-corrected chi connectivity index (χ3v) is 9.04. The zero-order valence-electron chi connectivity index (χ0n) is 13.5. The van der Waals surface area contributed by atoms with E-state index < -0.39 is 24.0 Å². The van der Waals surface area contributed by atoms with Crippen LogP contribution in [0.5, 0.6) is 0 Å². The number of rotatable bonds is 1. The molecule has 0 unspecified atom stereocenters. The second-order valence-electron chi connectivity index (χ2n) is 7.30. The van der Waals surface area contributed by atoms with E-state index in [0.717, 1.165) is 19.1 Å². The zero-order valence-corrected chi connectivity index (χ0v) is 17.9. The number of ether oxygens (including phenoxy) is 1. The number of hydrogen-bond acceptors (Lipinski definition) is 2. The summed E-state index contributed by atoms with van der Waals surface area (Å²) in [6, 6.07) is 8.15. The molecule has 0 fully saturated rings. The van der Waals surface area contributed by atoms with Gasteiger partial charge in [0.1, 0.15) is 0 Å². The van der Waals surface area contributed by atoms with Gasteiger partial charge in [0.25, 0.3) is 0 Å². The van der Waals surface area contributed by atoms with Crippen molar-refractivity contribution < 1.29 is 9.53 Å². The molecule has 21 heavy (non-hydrogen) atoms. The van der Waals surface area contributed by atoms with E-state index in [0.29, 0.717) is 0 Å². The molecule has 1 heterocycles. The molecule has 5 heteroatoms. The Morgan fingerprint density at radius 1 is 1.19 bits per heavy atom. The van der Waals surface area contributed by atoms with E-state index in [1.54, 1.807) is 4.57 Å². The van der Waals surface area contributed by atoms with E-state index in [2.05, 4.69) is 42.9 Å². The van der Waals surface area contributed by atoms with E-state index in [1.165, 1.54) is 0 Å². The molecule has 0 atom stereocenters. The molecule has 0 amide bonds. The first-order chi connectivity index (χ1) is 9.49. The van der Waals surface area contributed by atoms with Gasteiger partial charge in [-0.05, 0) is 0 Å². The first-order valence-electron chi connectivity index (χ1n) is 7.04. The van der Waals surface area contributed by atoms with Crippen LogP contribution in [0.25, 0.3) is 10.9 Å². The molecule has 2 rings (SSSR count). The summed E-state index contributed by atoms with van der Waals surface area (Å²) in [7, 11) is 0. The van der Waals surface area contributed by atoms with Crippen molar-refractivity contribution in [3.63, 3.8) is 0 Å². The molecule has 0 spiro atoms. The van der Waals surface area contributed by atoms with Crippen molar-refractivity contribution >= 4 is 55.0 Å². The number of fused-ring (bicyclic) bond motifs is 1. The van der Waals surface area contributed by atoms with Crippen molar-refractivity contribution in [1.29, 1.82) is 0 Å². The molecule has 0 saturated carbocycles. The van der Waals surface area contributed by atoms with E-state index >= 15 is 0 Å². The van der Waals surface area contributed by atoms with Crippen LogP contribution >= 0.6 is 15.9 Å². The van der Waals surface area contributed by atoms with Gasteiger partial charge in [-0.25, -0.2) is 0 Å². The number of hydrogen-bond donors (Lipinski definition) is 0. The summed E-state index contributed by atoms with van der Waals surface area (Å²) in [5, 5.41) is 1.08. The minimum absolute atomic E-state index is 0.276. The van der Waals surface area contributed by atoms with Crippen molar-refractivity contribution in [2.24, 2.45) is 0 Å². The van der Waals surface area contributed by atoms with Crippen LogP contribution in [-0.4, -0.2) is 34.6 Å². The summed E-state index contributed by atoms with van der Waals surface area (Å²) in [6.07, 6.45) is -0.276. The molecule has 1 aromatic carbocycles. The van der Waals surface area contributed by atoms with E-state index in [4.69, 9.17) is 4.74 Å². The van der Waals surface area contributed by atoms with Crippen LogP contribution < -0.4 is 3.71 Å². The summed E-state index contributed by atoms with van der Waals surface area (Å²) in [6.45, 7) is 5.69. The second-order valence-corrected chi connectivity index (χ2v) is 22.5. The van der Waals surface area contributed by atoms with E-state index in [1.807, 2.05) is 32.9 Å². The normalized spacial score (nSPS) is 12.7. The fourth-order valence-corrected chi connectivity index (χ4v) is 6.82. The van der Waals surface area contributed by atoms with Gasteiger partial charge in [0.15, 0.2) is 0 Å². The first kappa shape index (κ1) is 16.9. The molecule has 2 aromatic rings. The summed E-state index contributed by atoms with van der Waals surface area (Å²) in [5.41, 5.74) is 0.433. The van der Waals surface area contributed by atoms with Gasteiger partial charge < -0.3 is 0 Å². The number of nitrogens with zero attached hydrogens (tertiary/aromatic N) is 1. The molecule has 0 bridgehead atoms. The SMILES string of the molecule is CC(C)(C)OC(=O)n1[c]([Sn]([CH3])([CH3])[CH3])cc2cc(Br)ccc21. The Labute approximate surface area is 138 Å². The zero-order chi connectivity index (χ0) is 16.0. The summed E-state index contributed by atoms with van der Waals surface area (Å²) in [5.74, 6) is 0. The van der Waals surface area contributed by atoms with Crippen LogP contribution in [0.1, 0.15) is 20.8 Å². The van der Waals surface area contributed by atoms with Gasteiger partial charge in [-0.15, -0.1) is 0 Å². The number of carbonyl (C=O) groups is 1. The molecule has 0 aliphatic carbocycles. The maximum atomic E-state index is 12.7. The summed E-state index contributed by atoms with van der Waals surface area (Å²) < 4.78 is 9.56. The fraction of sp³-hybridized carbons (Fsp3) is 0.438. The Bertz CT molecular complexity index is 693. The fourth-order valence-electron chi connectivity index (χ4n) is 2.24. The predicted molar refractivity (Wildman–Crippen MR) is 94.3 cm³/mol. The van der Waals surface area contributed by atoms with Gasteiger partial charge in [-0.2, -0.15) is 0 Å². The van der Waals surface area contributed by atoms with Crippen molar-refractivity contribution in [2.75, 3.05) is 0 Å². The van der Waals surface area contributed by atoms with E-state index in [9.17, 15) is 4.79 Å². The molecule has 0 saturated heterocycles. The molecule has 0 aliphatic rings. The van der Waals surface area contributed by atoms with Crippen LogP contribution in [0.3, 0.4) is 0 Å². The summed E-state index contributed by atoms with van der Waals surface area (Å²) in [4.78, 5) is 19.6. The van der Waals surface area contributed by atoms with Crippen molar-refractivity contribution in [2.45, 2.75) is 41.2 Å². The molecule has 114 valence electrons. The number of halogens is 1. The van der Waals surface area contributed by atoms with Gasteiger partial charge in [-0.1, -0.05) is 0 Å². The Balaban J connectivity index is 2.66. The molecule has 1 aromatic heterocycles. The third-order valence-electron chi connectivity index (χ3n) is 3.11. The van der Waals surface area contributed by atoms with Crippen LogP contribution in [0.2, 0.25) is 14.8 Å². The van der Waals surface area contributed by atoms with E-state index in [-0.39, 0.29) is 6.09 Å². The van der Waals surface area contributed by atoms with Crippen molar-refractivity contribution in [3.05, 3.63) is 28.7 Å². The first-order valence-corrected chi connectivity index (χ1v) is 17.8. The minimum atomic E-state index is -2.45. The number of carbonyl (C=O) groups excluding carboxylic acids is 1. The number of aromatic nitrogens is 1. The van der Waals surface area contributed by atoms with Gasteiger partial charge in [-0.3, -0.25) is 0 Å². The molecule has 0 N–H and O–H groups in total. The standard InChI is InChI=1S/C13H13BrNO2.3CH3.Sn/c1-13(2,3)17-12(16)15-7-6-9-8-10(14)4-5-11(9)15;;;;/h4-6,8H,1-3H3;3*1H3;. The van der Waals surface area contributed by atoms with Crippen molar-refractivity contribution in [3.8, 4) is 0 Å². The Kier molecular flexibility index (Phi) is 4.51. The average Bonchev–Trinajstić information content (AvgIpc) is 2.64. The topological polar surface area (TPSA) is 31.2 Å². The molecular weight excluding hydrogens is 437 g/mol. The third kappa shape index (κ3) is 3.83. The molecular formula is C16H22BrNO2Sn. The van der Waals surface area contributed by atoms with Crippen LogP contribution in [0, 0.1) is 0 Å². The second kappa shape index (κ2) is 5.61.